The van der Waals surface area contributed by atoms with Crippen LogP contribution in [0.2, 0.25) is 0 Å². The average Bonchev–Trinajstić information content (AvgIpc) is 2.93. The number of ether oxygens (including phenoxy) is 1. The molecule has 7 nitrogen and oxygen atoms in total. The van der Waals surface area contributed by atoms with Crippen LogP contribution in [0.1, 0.15) is 49.8 Å². The van der Waals surface area contributed by atoms with Gasteiger partial charge in [0.05, 0.1) is 24.5 Å². The number of hydrogen-bond donors (Lipinski definition) is 3. The van der Waals surface area contributed by atoms with Crippen molar-refractivity contribution in [1.29, 1.82) is 0 Å². The minimum absolute atomic E-state index is 0.0392. The lowest BCUT2D eigenvalue weighted by atomic mass is 9.95. The molecule has 0 heterocycles. The summed E-state index contributed by atoms with van der Waals surface area (Å²) in [6.45, 7) is 8.94. The number of carbonyl (C=O) groups is 3. The van der Waals surface area contributed by atoms with Crippen LogP contribution in [0.4, 0.5) is 0 Å². The molecule has 0 unspecified atom stereocenters. The summed E-state index contributed by atoms with van der Waals surface area (Å²) in [5.41, 5.74) is 1.84. The zero-order chi connectivity index (χ0) is 27.8. The van der Waals surface area contributed by atoms with Gasteiger partial charge in [0.25, 0.3) is 0 Å². The minimum Gasteiger partial charge on any atom is -0.463 e. The summed E-state index contributed by atoms with van der Waals surface area (Å²) in [6.07, 6.45) is 5.49. The Morgan fingerprint density at radius 2 is 1.61 bits per heavy atom. The summed E-state index contributed by atoms with van der Waals surface area (Å²) >= 11 is 0. The molecule has 7 heteroatoms. The van der Waals surface area contributed by atoms with E-state index < -0.39 is 18.0 Å². The Balaban J connectivity index is 2.12. The Labute approximate surface area is 226 Å². The molecule has 0 aromatic heterocycles. The number of benzene rings is 2. The molecule has 38 heavy (non-hydrogen) atoms. The normalized spacial score (nSPS) is 13.8. The van der Waals surface area contributed by atoms with Crippen molar-refractivity contribution >= 4 is 17.8 Å². The van der Waals surface area contributed by atoms with Crippen molar-refractivity contribution in [3.8, 4) is 0 Å². The molecule has 0 radical (unpaired) electrons. The molecule has 0 bridgehead atoms. The monoisotopic (exact) mass is 520 g/mol. The number of carbonyl (C=O) groups excluding carboxylic acids is 3. The Morgan fingerprint density at radius 3 is 2.21 bits per heavy atom. The van der Waals surface area contributed by atoms with E-state index in [-0.39, 0.29) is 43.3 Å². The molecule has 0 aliphatic carbocycles. The van der Waals surface area contributed by atoms with Gasteiger partial charge < -0.3 is 20.5 Å². The number of rotatable bonds is 17. The summed E-state index contributed by atoms with van der Waals surface area (Å²) < 4.78 is 5.76. The van der Waals surface area contributed by atoms with E-state index in [0.29, 0.717) is 25.7 Å². The fourth-order valence-electron chi connectivity index (χ4n) is 4.09. The van der Waals surface area contributed by atoms with E-state index in [1.54, 1.807) is 19.1 Å². The van der Waals surface area contributed by atoms with Gasteiger partial charge in [-0.25, -0.2) is 0 Å². The number of esters is 1. The Morgan fingerprint density at radius 1 is 0.947 bits per heavy atom. The molecular weight excluding hydrogens is 480 g/mol. The fraction of sp³-hybridized carbons (Fsp3) is 0.387. The molecule has 0 aliphatic heterocycles. The Hall–Kier alpha value is -3.71. The molecule has 204 valence electrons. The summed E-state index contributed by atoms with van der Waals surface area (Å²) in [5.74, 6) is -1.99. The van der Waals surface area contributed by atoms with Crippen molar-refractivity contribution in [3.05, 3.63) is 97.1 Å². The van der Waals surface area contributed by atoms with E-state index in [4.69, 9.17) is 4.74 Å². The van der Waals surface area contributed by atoms with Crippen molar-refractivity contribution in [1.82, 2.24) is 10.6 Å². The van der Waals surface area contributed by atoms with Crippen LogP contribution in [0.25, 0.3) is 0 Å². The van der Waals surface area contributed by atoms with E-state index in [1.165, 1.54) is 0 Å². The van der Waals surface area contributed by atoms with Crippen LogP contribution in [0, 0.1) is 11.8 Å². The number of allylic oxidation sites excluding steroid dienone is 2. The topological polar surface area (TPSA) is 105 Å². The van der Waals surface area contributed by atoms with E-state index in [1.807, 2.05) is 60.7 Å². The molecule has 0 aliphatic rings. The first-order chi connectivity index (χ1) is 18.4. The van der Waals surface area contributed by atoms with Gasteiger partial charge in [-0.1, -0.05) is 72.8 Å². The van der Waals surface area contributed by atoms with Crippen molar-refractivity contribution in [2.24, 2.45) is 11.8 Å². The summed E-state index contributed by atoms with van der Waals surface area (Å²) in [5, 5.41) is 14.8. The predicted octanol–water partition coefficient (Wildman–Crippen LogP) is 4.29. The van der Waals surface area contributed by atoms with E-state index in [2.05, 4.69) is 23.8 Å². The third-order valence-corrected chi connectivity index (χ3v) is 6.22. The van der Waals surface area contributed by atoms with Crippen molar-refractivity contribution < 1.29 is 24.2 Å². The molecule has 2 rings (SSSR count). The van der Waals surface area contributed by atoms with Crippen LogP contribution in [0.15, 0.2) is 86.0 Å². The Bertz CT molecular complexity index is 1030. The highest BCUT2D eigenvalue weighted by molar-refractivity contribution is 5.86. The van der Waals surface area contributed by atoms with Crippen LogP contribution < -0.4 is 10.6 Å². The first-order valence-electron chi connectivity index (χ1n) is 13.1. The molecule has 2 amide bonds. The number of aliphatic hydroxyl groups is 1. The predicted molar refractivity (Wildman–Crippen MR) is 149 cm³/mol. The van der Waals surface area contributed by atoms with Gasteiger partial charge in [0.1, 0.15) is 6.61 Å². The molecule has 0 saturated heterocycles. The second kappa shape index (κ2) is 16.9. The third-order valence-electron chi connectivity index (χ3n) is 6.22. The zero-order valence-electron chi connectivity index (χ0n) is 22.2. The SMILES string of the molecule is C=CCC[C@H](Cc1ccccc1)C(=O)OC[C@H](NC(=O)[C@@H](CC=C)CC(=O)N[C@H](C)CO)c1ccccc1. The number of aliphatic hydroxyl groups excluding tert-OH is 1. The standard InChI is InChI=1S/C31H40N2O5/c1-4-6-16-27(19-24-14-9-7-10-15-24)31(37)38-22-28(25-17-11-8-12-18-25)33-30(36)26(13-5-2)20-29(35)32-23(3)21-34/h4-5,7-12,14-15,17-18,23,26-28,34H,1-2,6,13,16,19-22H2,3H3,(H,32,35)(H,33,36)/t23-,26+,27-,28+/m1/s1. The Kier molecular flexibility index (Phi) is 13.6. The van der Waals surface area contributed by atoms with Gasteiger partial charge in [-0.05, 0) is 43.7 Å². The van der Waals surface area contributed by atoms with E-state index >= 15 is 0 Å². The number of hydrogen-bond acceptors (Lipinski definition) is 5. The van der Waals surface area contributed by atoms with E-state index in [9.17, 15) is 19.5 Å². The summed E-state index contributed by atoms with van der Waals surface area (Å²) in [7, 11) is 0. The third kappa shape index (κ3) is 10.7. The zero-order valence-corrected chi connectivity index (χ0v) is 22.2. The minimum atomic E-state index is -0.654. The second-order valence-corrected chi connectivity index (χ2v) is 9.43. The van der Waals surface area contributed by atoms with Crippen LogP contribution in [0.5, 0.6) is 0 Å². The van der Waals surface area contributed by atoms with Crippen LogP contribution in [-0.2, 0) is 25.5 Å². The summed E-state index contributed by atoms with van der Waals surface area (Å²) in [4.78, 5) is 38.7. The lowest BCUT2D eigenvalue weighted by Crippen LogP contribution is -2.41. The van der Waals surface area contributed by atoms with Gasteiger partial charge in [-0.15, -0.1) is 13.2 Å². The molecule has 2 aromatic rings. The molecule has 2 aromatic carbocycles. The molecule has 0 saturated carbocycles. The first-order valence-corrected chi connectivity index (χ1v) is 13.1. The van der Waals surface area contributed by atoms with Crippen LogP contribution in [-0.4, -0.2) is 42.1 Å². The molecule has 0 spiro atoms. The molecule has 3 N–H and O–H groups in total. The van der Waals surface area contributed by atoms with Gasteiger partial charge in [0.2, 0.25) is 11.8 Å². The van der Waals surface area contributed by atoms with Gasteiger partial charge >= 0.3 is 5.97 Å². The maximum absolute atomic E-state index is 13.2. The fourth-order valence-corrected chi connectivity index (χ4v) is 4.09. The lowest BCUT2D eigenvalue weighted by molar-refractivity contribution is -0.150. The average molecular weight is 521 g/mol. The van der Waals surface area contributed by atoms with Gasteiger partial charge in [-0.3, -0.25) is 14.4 Å². The lowest BCUT2D eigenvalue weighted by Gasteiger charge is -2.24. The highest BCUT2D eigenvalue weighted by Gasteiger charge is 2.27. The number of amides is 2. The maximum Gasteiger partial charge on any atom is 0.309 e. The van der Waals surface area contributed by atoms with E-state index in [0.717, 1.165) is 11.1 Å². The van der Waals surface area contributed by atoms with Crippen LogP contribution >= 0.6 is 0 Å². The van der Waals surface area contributed by atoms with Crippen molar-refractivity contribution in [2.45, 2.75) is 51.1 Å². The largest absolute Gasteiger partial charge is 0.463 e. The second-order valence-electron chi connectivity index (χ2n) is 9.43. The van der Waals surface area contributed by atoms with Gasteiger partial charge in [0.15, 0.2) is 0 Å². The molecule has 0 fully saturated rings. The van der Waals surface area contributed by atoms with Gasteiger partial charge in [0, 0.05) is 12.5 Å². The smallest absolute Gasteiger partial charge is 0.309 e. The van der Waals surface area contributed by atoms with Crippen molar-refractivity contribution in [3.63, 3.8) is 0 Å². The maximum atomic E-state index is 13.2. The number of nitrogens with one attached hydrogen (secondary N) is 2. The first kappa shape index (κ1) is 30.5. The highest BCUT2D eigenvalue weighted by atomic mass is 16.5. The highest BCUT2D eigenvalue weighted by Crippen LogP contribution is 2.20. The molecule has 4 atom stereocenters. The van der Waals surface area contributed by atoms with Crippen LogP contribution in [0.3, 0.4) is 0 Å². The van der Waals surface area contributed by atoms with Crippen molar-refractivity contribution in [2.75, 3.05) is 13.2 Å². The summed E-state index contributed by atoms with van der Waals surface area (Å²) in [6, 6.07) is 18.1. The molecular formula is C31H40N2O5. The van der Waals surface area contributed by atoms with Gasteiger partial charge in [-0.2, -0.15) is 0 Å². The quantitative estimate of drug-likeness (QED) is 0.213.